The summed E-state index contributed by atoms with van der Waals surface area (Å²) in [4.78, 5) is 33.6. The van der Waals surface area contributed by atoms with Crippen molar-refractivity contribution in [3.05, 3.63) is 39.9 Å². The number of aliphatic carboxylic acids is 1. The van der Waals surface area contributed by atoms with Gasteiger partial charge >= 0.3 is 12.0 Å². The number of nitrogens with zero attached hydrogens (tertiary/aromatic N) is 2. The van der Waals surface area contributed by atoms with E-state index in [9.17, 15) is 19.7 Å². The van der Waals surface area contributed by atoms with Crippen molar-refractivity contribution in [2.24, 2.45) is 0 Å². The number of rotatable bonds is 6. The molecule has 0 aromatic heterocycles. The highest BCUT2D eigenvalue weighted by Crippen LogP contribution is 2.17. The van der Waals surface area contributed by atoms with Crippen LogP contribution in [0.1, 0.15) is 5.56 Å². The molecule has 21 heavy (non-hydrogen) atoms. The summed E-state index contributed by atoms with van der Waals surface area (Å²) in [7, 11) is 0. The van der Waals surface area contributed by atoms with Crippen molar-refractivity contribution in [3.8, 4) is 12.3 Å². The molecular formula is C13H13N3O5. The van der Waals surface area contributed by atoms with Crippen molar-refractivity contribution < 1.29 is 19.6 Å². The first-order valence-corrected chi connectivity index (χ1v) is 5.86. The standard InChI is InChI=1S/C13H13N3O5/c1-2-7-15(9-12(17)18)13(19)14-8-10-5-3-4-6-11(10)16(20)21/h1,3-6H,7-9H2,(H,14,19)(H,17,18). The number of carbonyl (C=O) groups excluding carboxylic acids is 1. The van der Waals surface area contributed by atoms with Crippen LogP contribution < -0.4 is 5.32 Å². The summed E-state index contributed by atoms with van der Waals surface area (Å²) in [5.41, 5.74) is 0.186. The molecule has 2 N–H and O–H groups in total. The van der Waals surface area contributed by atoms with Gasteiger partial charge in [-0.3, -0.25) is 14.9 Å². The Morgan fingerprint density at radius 1 is 1.43 bits per heavy atom. The van der Waals surface area contributed by atoms with Crippen LogP contribution >= 0.6 is 0 Å². The van der Waals surface area contributed by atoms with E-state index in [-0.39, 0.29) is 18.8 Å². The molecule has 0 fully saturated rings. The third kappa shape index (κ3) is 4.83. The van der Waals surface area contributed by atoms with Crippen molar-refractivity contribution >= 4 is 17.7 Å². The van der Waals surface area contributed by atoms with Crippen LogP contribution in [-0.2, 0) is 11.3 Å². The molecule has 0 aliphatic heterocycles. The number of benzene rings is 1. The van der Waals surface area contributed by atoms with Gasteiger partial charge in [-0.1, -0.05) is 24.1 Å². The quantitative estimate of drug-likeness (QED) is 0.458. The van der Waals surface area contributed by atoms with Crippen molar-refractivity contribution in [1.82, 2.24) is 10.2 Å². The highest BCUT2D eigenvalue weighted by Gasteiger charge is 2.17. The van der Waals surface area contributed by atoms with Gasteiger partial charge in [0.05, 0.1) is 18.0 Å². The smallest absolute Gasteiger partial charge is 0.323 e. The van der Waals surface area contributed by atoms with Gasteiger partial charge in [-0.25, -0.2) is 4.79 Å². The molecule has 0 aliphatic rings. The summed E-state index contributed by atoms with van der Waals surface area (Å²) in [6.07, 6.45) is 5.06. The van der Waals surface area contributed by atoms with Gasteiger partial charge < -0.3 is 15.3 Å². The van der Waals surface area contributed by atoms with E-state index in [0.717, 1.165) is 4.90 Å². The van der Waals surface area contributed by atoms with E-state index in [1.807, 2.05) is 0 Å². The van der Waals surface area contributed by atoms with Crippen molar-refractivity contribution in [1.29, 1.82) is 0 Å². The number of para-hydroxylation sites is 1. The monoisotopic (exact) mass is 291 g/mol. The van der Waals surface area contributed by atoms with Crippen LogP contribution in [0.25, 0.3) is 0 Å². The molecule has 0 spiro atoms. The summed E-state index contributed by atoms with van der Waals surface area (Å²) < 4.78 is 0. The third-order valence-electron chi connectivity index (χ3n) is 2.51. The first kappa shape index (κ1) is 16.0. The topological polar surface area (TPSA) is 113 Å². The minimum absolute atomic E-state index is 0.101. The predicted molar refractivity (Wildman–Crippen MR) is 73.4 cm³/mol. The number of nitro groups is 1. The Morgan fingerprint density at radius 2 is 2.10 bits per heavy atom. The normalized spacial score (nSPS) is 9.48. The Hall–Kier alpha value is -3.08. The van der Waals surface area contributed by atoms with E-state index in [2.05, 4.69) is 11.2 Å². The van der Waals surface area contributed by atoms with Gasteiger partial charge in [-0.05, 0) is 0 Å². The largest absolute Gasteiger partial charge is 0.480 e. The summed E-state index contributed by atoms with van der Waals surface area (Å²) in [6.45, 7) is -0.821. The van der Waals surface area contributed by atoms with Crippen molar-refractivity contribution in [2.75, 3.05) is 13.1 Å². The van der Waals surface area contributed by atoms with Crippen molar-refractivity contribution in [2.45, 2.75) is 6.54 Å². The third-order valence-corrected chi connectivity index (χ3v) is 2.51. The fourth-order valence-electron chi connectivity index (χ4n) is 1.59. The molecule has 0 atom stereocenters. The molecule has 0 saturated carbocycles. The molecule has 1 rings (SSSR count). The van der Waals surface area contributed by atoms with Crippen LogP contribution in [0.3, 0.4) is 0 Å². The van der Waals surface area contributed by atoms with Gasteiger partial charge in [-0.2, -0.15) is 0 Å². The highest BCUT2D eigenvalue weighted by molar-refractivity contribution is 5.80. The maximum Gasteiger partial charge on any atom is 0.323 e. The zero-order valence-corrected chi connectivity index (χ0v) is 11.0. The van der Waals surface area contributed by atoms with E-state index >= 15 is 0 Å². The molecule has 1 aromatic rings. The summed E-state index contributed by atoms with van der Waals surface area (Å²) >= 11 is 0. The number of nitro benzene ring substituents is 1. The minimum Gasteiger partial charge on any atom is -0.480 e. The molecule has 0 heterocycles. The number of carbonyl (C=O) groups is 2. The molecular weight excluding hydrogens is 278 g/mol. The van der Waals surface area contributed by atoms with Crippen LogP contribution in [0.15, 0.2) is 24.3 Å². The van der Waals surface area contributed by atoms with Gasteiger partial charge in [0, 0.05) is 11.6 Å². The number of carboxylic acid groups (broad SMARTS) is 1. The number of carboxylic acids is 1. The van der Waals surface area contributed by atoms with Crippen LogP contribution in [0.4, 0.5) is 10.5 Å². The Balaban J connectivity index is 2.73. The van der Waals surface area contributed by atoms with Crippen molar-refractivity contribution in [3.63, 3.8) is 0 Å². The molecule has 2 amide bonds. The number of terminal acetylenes is 1. The van der Waals surface area contributed by atoms with Gasteiger partial charge in [-0.15, -0.1) is 6.42 Å². The van der Waals surface area contributed by atoms with E-state index in [1.165, 1.54) is 18.2 Å². The lowest BCUT2D eigenvalue weighted by atomic mass is 10.2. The van der Waals surface area contributed by atoms with Gasteiger partial charge in [0.2, 0.25) is 0 Å². The summed E-state index contributed by atoms with van der Waals surface area (Å²) in [5.74, 6) is 0.973. The van der Waals surface area contributed by atoms with E-state index in [4.69, 9.17) is 11.5 Å². The second kappa shape index (κ2) is 7.49. The molecule has 0 aliphatic carbocycles. The molecule has 8 nitrogen and oxygen atoms in total. The van der Waals surface area contributed by atoms with Crippen LogP contribution in [0.2, 0.25) is 0 Å². The predicted octanol–water partition coefficient (Wildman–Crippen LogP) is 0.824. The number of amides is 2. The van der Waals surface area contributed by atoms with Gasteiger partial charge in [0.15, 0.2) is 0 Å². The zero-order valence-electron chi connectivity index (χ0n) is 11.0. The fourth-order valence-corrected chi connectivity index (χ4v) is 1.59. The van der Waals surface area contributed by atoms with Gasteiger partial charge in [0.25, 0.3) is 5.69 Å². The minimum atomic E-state index is -1.20. The van der Waals surface area contributed by atoms with E-state index < -0.39 is 23.5 Å². The van der Waals surface area contributed by atoms with Crippen LogP contribution in [0, 0.1) is 22.5 Å². The first-order valence-electron chi connectivity index (χ1n) is 5.86. The summed E-state index contributed by atoms with van der Waals surface area (Å²) in [5, 5.41) is 21.9. The Morgan fingerprint density at radius 3 is 2.67 bits per heavy atom. The van der Waals surface area contributed by atoms with Crippen LogP contribution in [-0.4, -0.2) is 40.0 Å². The van der Waals surface area contributed by atoms with Gasteiger partial charge in [0.1, 0.15) is 6.54 Å². The Labute approximate surface area is 120 Å². The second-order valence-electron chi connectivity index (χ2n) is 4.00. The molecule has 0 unspecified atom stereocenters. The lowest BCUT2D eigenvalue weighted by Crippen LogP contribution is -2.42. The number of hydrogen-bond acceptors (Lipinski definition) is 4. The molecule has 0 saturated heterocycles. The lowest BCUT2D eigenvalue weighted by Gasteiger charge is -2.18. The molecule has 0 bridgehead atoms. The lowest BCUT2D eigenvalue weighted by molar-refractivity contribution is -0.385. The Bertz CT molecular complexity index is 594. The number of hydrogen-bond donors (Lipinski definition) is 2. The maximum absolute atomic E-state index is 11.8. The Kier molecular flexibility index (Phi) is 5.70. The average molecular weight is 291 g/mol. The molecule has 110 valence electrons. The summed E-state index contributed by atoms with van der Waals surface area (Å²) in [6, 6.07) is 5.23. The first-order chi connectivity index (χ1) is 9.95. The van der Waals surface area contributed by atoms with E-state index in [0.29, 0.717) is 5.56 Å². The second-order valence-corrected chi connectivity index (χ2v) is 4.00. The maximum atomic E-state index is 11.8. The number of urea groups is 1. The van der Waals surface area contributed by atoms with Crippen LogP contribution in [0.5, 0.6) is 0 Å². The SMILES string of the molecule is C#CCN(CC(=O)O)C(=O)NCc1ccccc1[N+](=O)[O-]. The van der Waals surface area contributed by atoms with E-state index in [1.54, 1.807) is 6.07 Å². The zero-order chi connectivity index (χ0) is 15.8. The number of nitrogens with one attached hydrogen (secondary N) is 1. The molecule has 0 radical (unpaired) electrons. The average Bonchev–Trinajstić information content (AvgIpc) is 2.44. The molecule has 8 heteroatoms. The fraction of sp³-hybridized carbons (Fsp3) is 0.231. The molecule has 1 aromatic carbocycles. The highest BCUT2D eigenvalue weighted by atomic mass is 16.6.